The molecule has 1 aromatic rings. The molecule has 0 fully saturated rings. The number of alkyl halides is 1. The van der Waals surface area contributed by atoms with Gasteiger partial charge in [0.1, 0.15) is 10.7 Å². The average Bonchev–Trinajstić information content (AvgIpc) is 2.19. The maximum Gasteiger partial charge on any atom is 0.232 e. The molecule has 1 aromatic carbocycles. The van der Waals surface area contributed by atoms with Crippen LogP contribution in [0.4, 0.5) is 0 Å². The molecule has 0 aliphatic carbocycles. The summed E-state index contributed by atoms with van der Waals surface area (Å²) in [5.41, 5.74) is 5.50. The van der Waals surface area contributed by atoms with E-state index in [1.807, 2.05) is 37.3 Å². The van der Waals surface area contributed by atoms with Gasteiger partial charge < -0.3 is 10.5 Å². The summed E-state index contributed by atoms with van der Waals surface area (Å²) in [7, 11) is 0. The van der Waals surface area contributed by atoms with Crippen molar-refractivity contribution in [3.05, 3.63) is 30.3 Å². The van der Waals surface area contributed by atoms with Crippen molar-refractivity contribution in [1.82, 2.24) is 0 Å². The Kier molecular flexibility index (Phi) is 3.72. The monoisotopic (exact) mass is 229 g/mol. The number of halogens is 1. The van der Waals surface area contributed by atoms with Crippen molar-refractivity contribution in [1.29, 1.82) is 0 Å². The molecule has 1 atom stereocenters. The van der Waals surface area contributed by atoms with Crippen molar-refractivity contribution in [2.24, 2.45) is 5.73 Å². The van der Waals surface area contributed by atoms with E-state index in [2.05, 4.69) is 0 Å². The zero-order chi connectivity index (χ0) is 10.6. The highest BCUT2D eigenvalue weighted by molar-refractivity contribution is 7.80. The molecule has 0 aromatic heterocycles. The van der Waals surface area contributed by atoms with Crippen LogP contribution in [0.25, 0.3) is 0 Å². The molecule has 14 heavy (non-hydrogen) atoms. The second-order valence-corrected chi connectivity index (χ2v) is 3.91. The van der Waals surface area contributed by atoms with Gasteiger partial charge in [-0.1, -0.05) is 48.9 Å². The quantitative estimate of drug-likeness (QED) is 0.637. The van der Waals surface area contributed by atoms with Crippen LogP contribution in [0, 0.1) is 0 Å². The van der Waals surface area contributed by atoms with E-state index < -0.39 is 5.06 Å². The number of rotatable bonds is 4. The van der Waals surface area contributed by atoms with Crippen molar-refractivity contribution in [3.8, 4) is 5.75 Å². The largest absolute Gasteiger partial charge is 0.465 e. The highest BCUT2D eigenvalue weighted by Gasteiger charge is 2.30. The molecule has 2 nitrogen and oxygen atoms in total. The molecule has 0 bridgehead atoms. The number of nitrogens with two attached hydrogens (primary N) is 1. The summed E-state index contributed by atoms with van der Waals surface area (Å²) in [4.78, 5) is 0.158. The van der Waals surface area contributed by atoms with Crippen LogP contribution in [0.15, 0.2) is 30.3 Å². The number of ether oxygens (including phenoxy) is 1. The van der Waals surface area contributed by atoms with Crippen LogP contribution in [0.1, 0.15) is 13.3 Å². The summed E-state index contributed by atoms with van der Waals surface area (Å²) in [6, 6.07) is 9.25. The Bertz CT molecular complexity index is 317. The summed E-state index contributed by atoms with van der Waals surface area (Å²) in [6.07, 6.45) is 0.527. The summed E-state index contributed by atoms with van der Waals surface area (Å²) >= 11 is 11.0. The van der Waals surface area contributed by atoms with Crippen LogP contribution in [0.5, 0.6) is 5.75 Å². The first-order chi connectivity index (χ1) is 6.58. The number of para-hydroxylation sites is 1. The molecular formula is C10H12ClNOS. The molecule has 0 spiro atoms. The summed E-state index contributed by atoms with van der Waals surface area (Å²) in [5.74, 6) is 0.664. The Labute approximate surface area is 94.0 Å². The van der Waals surface area contributed by atoms with Crippen molar-refractivity contribution < 1.29 is 4.74 Å². The van der Waals surface area contributed by atoms with E-state index in [-0.39, 0.29) is 4.99 Å². The van der Waals surface area contributed by atoms with Crippen molar-refractivity contribution in [2.45, 2.75) is 18.4 Å². The molecule has 0 saturated carbocycles. The standard InChI is InChI=1S/C10H12ClNOS/c1-2-10(11,9(12)14)13-8-6-4-3-5-7-8/h3-7H,2H2,1H3,(H2,12,14). The first-order valence-corrected chi connectivity index (χ1v) is 5.10. The smallest absolute Gasteiger partial charge is 0.232 e. The minimum absolute atomic E-state index is 0.158. The molecule has 0 radical (unpaired) electrons. The molecule has 76 valence electrons. The molecule has 1 unspecified atom stereocenters. The first kappa shape index (κ1) is 11.3. The molecule has 0 aliphatic rings. The van der Waals surface area contributed by atoms with Gasteiger partial charge in [-0.05, 0) is 12.1 Å². The number of hydrogen-bond acceptors (Lipinski definition) is 2. The predicted molar refractivity (Wildman–Crippen MR) is 62.7 cm³/mol. The van der Waals surface area contributed by atoms with Crippen LogP contribution < -0.4 is 10.5 Å². The fourth-order valence-electron chi connectivity index (χ4n) is 0.972. The Morgan fingerprint density at radius 3 is 2.50 bits per heavy atom. The summed E-state index contributed by atoms with van der Waals surface area (Å²) in [6.45, 7) is 1.87. The number of thiocarbonyl (C=S) groups is 1. The average molecular weight is 230 g/mol. The van der Waals surface area contributed by atoms with Gasteiger partial charge in [0.05, 0.1) is 0 Å². The molecule has 4 heteroatoms. The first-order valence-electron chi connectivity index (χ1n) is 4.31. The Morgan fingerprint density at radius 1 is 1.50 bits per heavy atom. The second-order valence-electron chi connectivity index (χ2n) is 2.86. The van der Waals surface area contributed by atoms with E-state index in [1.54, 1.807) is 0 Å². The molecular weight excluding hydrogens is 218 g/mol. The van der Waals surface area contributed by atoms with Gasteiger partial charge in [-0.25, -0.2) is 0 Å². The lowest BCUT2D eigenvalue weighted by atomic mass is 10.2. The Hall–Kier alpha value is -0.800. The predicted octanol–water partition coefficient (Wildman–Crippen LogP) is 2.70. The van der Waals surface area contributed by atoms with Gasteiger partial charge in [-0.15, -0.1) is 0 Å². The number of benzene rings is 1. The molecule has 0 amide bonds. The SMILES string of the molecule is CCC(Cl)(Oc1ccccc1)C(N)=S. The van der Waals surface area contributed by atoms with Crippen LogP contribution in [-0.4, -0.2) is 10.0 Å². The topological polar surface area (TPSA) is 35.2 Å². The van der Waals surface area contributed by atoms with E-state index in [4.69, 9.17) is 34.3 Å². The van der Waals surface area contributed by atoms with Gasteiger partial charge in [-0.2, -0.15) is 0 Å². The van der Waals surface area contributed by atoms with Crippen LogP contribution >= 0.6 is 23.8 Å². The number of hydrogen-bond donors (Lipinski definition) is 1. The van der Waals surface area contributed by atoms with Gasteiger partial charge in [0.25, 0.3) is 0 Å². The van der Waals surface area contributed by atoms with Crippen molar-refractivity contribution in [3.63, 3.8) is 0 Å². The lowest BCUT2D eigenvalue weighted by Gasteiger charge is -2.25. The van der Waals surface area contributed by atoms with E-state index in [1.165, 1.54) is 0 Å². The van der Waals surface area contributed by atoms with Gasteiger partial charge in [0, 0.05) is 6.42 Å². The summed E-state index contributed by atoms with van der Waals surface area (Å²) < 4.78 is 5.51. The van der Waals surface area contributed by atoms with Gasteiger partial charge >= 0.3 is 0 Å². The van der Waals surface area contributed by atoms with Gasteiger partial charge in [0.2, 0.25) is 5.06 Å². The maximum absolute atomic E-state index is 6.10. The Morgan fingerprint density at radius 2 is 2.07 bits per heavy atom. The normalized spacial score (nSPS) is 14.4. The van der Waals surface area contributed by atoms with Crippen LogP contribution in [0.3, 0.4) is 0 Å². The lowest BCUT2D eigenvalue weighted by Crippen LogP contribution is -2.42. The molecule has 1 rings (SSSR count). The molecule has 0 heterocycles. The molecule has 0 aliphatic heterocycles. The minimum Gasteiger partial charge on any atom is -0.465 e. The van der Waals surface area contributed by atoms with E-state index in [0.29, 0.717) is 12.2 Å². The van der Waals surface area contributed by atoms with Gasteiger partial charge in [-0.3, -0.25) is 0 Å². The maximum atomic E-state index is 6.10. The van der Waals surface area contributed by atoms with Crippen molar-refractivity contribution >= 4 is 28.8 Å². The third-order valence-electron chi connectivity index (χ3n) is 1.85. The fourth-order valence-corrected chi connectivity index (χ4v) is 1.25. The highest BCUT2D eigenvalue weighted by atomic mass is 35.5. The third kappa shape index (κ3) is 2.59. The van der Waals surface area contributed by atoms with Crippen molar-refractivity contribution in [2.75, 3.05) is 0 Å². The highest BCUT2D eigenvalue weighted by Crippen LogP contribution is 2.25. The van der Waals surface area contributed by atoms with E-state index >= 15 is 0 Å². The summed E-state index contributed by atoms with van der Waals surface area (Å²) in [5, 5.41) is -1.07. The molecule has 0 saturated heterocycles. The van der Waals surface area contributed by atoms with E-state index in [9.17, 15) is 0 Å². The second kappa shape index (κ2) is 4.62. The zero-order valence-corrected chi connectivity index (χ0v) is 9.44. The zero-order valence-electron chi connectivity index (χ0n) is 7.87. The lowest BCUT2D eigenvalue weighted by molar-refractivity contribution is 0.223. The Balaban J connectivity index is 2.81. The minimum atomic E-state index is -1.07. The van der Waals surface area contributed by atoms with Crippen LogP contribution in [0.2, 0.25) is 0 Å². The molecule has 2 N–H and O–H groups in total. The van der Waals surface area contributed by atoms with E-state index in [0.717, 1.165) is 0 Å². The van der Waals surface area contributed by atoms with Gasteiger partial charge in [0.15, 0.2) is 0 Å². The van der Waals surface area contributed by atoms with Crippen LogP contribution in [-0.2, 0) is 0 Å². The fraction of sp³-hybridized carbons (Fsp3) is 0.300. The third-order valence-corrected chi connectivity index (χ3v) is 2.84.